The van der Waals surface area contributed by atoms with Crippen molar-refractivity contribution in [1.82, 2.24) is 4.90 Å². The lowest BCUT2D eigenvalue weighted by Crippen LogP contribution is -2.46. The zero-order valence-electron chi connectivity index (χ0n) is 21.6. The zero-order valence-corrected chi connectivity index (χ0v) is 22.4. The number of ether oxygens (including phenoxy) is 2. The molecule has 2 amide bonds. The minimum absolute atomic E-state index is 0.0370. The molecule has 0 spiro atoms. The summed E-state index contributed by atoms with van der Waals surface area (Å²) in [6.07, 6.45) is 0.243. The number of amidine groups is 1. The van der Waals surface area contributed by atoms with Gasteiger partial charge in [-0.25, -0.2) is 14.2 Å². The monoisotopic (exact) mass is 549 g/mol. The molecule has 0 aromatic heterocycles. The zero-order chi connectivity index (χ0) is 27.8. The van der Waals surface area contributed by atoms with Gasteiger partial charge >= 0.3 is 5.97 Å². The van der Waals surface area contributed by atoms with Gasteiger partial charge in [0.15, 0.2) is 5.17 Å². The number of thioether (sulfide) groups is 1. The van der Waals surface area contributed by atoms with E-state index in [0.717, 1.165) is 11.8 Å². The number of aliphatic imine (C=N–C) groups is 1. The lowest BCUT2D eigenvalue weighted by molar-refractivity contribution is -0.129. The second-order valence-corrected chi connectivity index (χ2v) is 9.75. The maximum atomic E-state index is 14.2. The molecule has 1 heterocycles. The first-order valence-corrected chi connectivity index (χ1v) is 13.3. The van der Waals surface area contributed by atoms with E-state index < -0.39 is 11.2 Å². The fraction of sp³-hybridized carbons (Fsp3) is 0.241. The van der Waals surface area contributed by atoms with Crippen LogP contribution in [0.15, 0.2) is 77.8 Å². The lowest BCUT2D eigenvalue weighted by Gasteiger charge is -2.32. The van der Waals surface area contributed by atoms with E-state index >= 15 is 0 Å². The number of anilines is 1. The van der Waals surface area contributed by atoms with Crippen LogP contribution in [0.4, 0.5) is 15.8 Å². The summed E-state index contributed by atoms with van der Waals surface area (Å²) in [4.78, 5) is 44.4. The number of nitrogens with zero attached hydrogens (tertiary/aromatic N) is 2. The molecule has 202 valence electrons. The van der Waals surface area contributed by atoms with Gasteiger partial charge in [0.05, 0.1) is 25.0 Å². The summed E-state index contributed by atoms with van der Waals surface area (Å²) in [5, 5.41) is 2.44. The van der Waals surface area contributed by atoms with Crippen LogP contribution < -0.4 is 10.1 Å². The summed E-state index contributed by atoms with van der Waals surface area (Å²) in [5.74, 6) is -0.760. The molecule has 10 heteroatoms. The van der Waals surface area contributed by atoms with Gasteiger partial charge < -0.3 is 14.8 Å². The summed E-state index contributed by atoms with van der Waals surface area (Å²) in [7, 11) is 1.56. The molecule has 8 nitrogen and oxygen atoms in total. The Morgan fingerprint density at radius 2 is 1.79 bits per heavy atom. The van der Waals surface area contributed by atoms with Crippen LogP contribution >= 0.6 is 11.8 Å². The Kier molecular flexibility index (Phi) is 9.32. The highest BCUT2D eigenvalue weighted by Crippen LogP contribution is 2.30. The number of nitrogens with one attached hydrogen (secondary N) is 1. The molecule has 1 saturated heterocycles. The number of rotatable bonds is 9. The molecule has 1 atom stereocenters. The number of hydrogen-bond acceptors (Lipinski definition) is 7. The van der Waals surface area contributed by atoms with E-state index in [1.807, 2.05) is 0 Å². The van der Waals surface area contributed by atoms with E-state index in [2.05, 4.69) is 10.3 Å². The SMILES string of the molecule is CCOC(=O)c1ccc(N=C2SC(C(=O)Nc3ccc(OC)cc3)CC(=O)N2CCc2ccccc2F)cc1. The molecule has 3 aromatic carbocycles. The average Bonchev–Trinajstić information content (AvgIpc) is 2.94. The largest absolute Gasteiger partial charge is 0.497 e. The van der Waals surface area contributed by atoms with Crippen molar-refractivity contribution < 1.29 is 28.2 Å². The van der Waals surface area contributed by atoms with Crippen LogP contribution in [0.3, 0.4) is 0 Å². The Hall–Kier alpha value is -4.18. The predicted octanol–water partition coefficient (Wildman–Crippen LogP) is 5.21. The van der Waals surface area contributed by atoms with Gasteiger partial charge in [0.25, 0.3) is 0 Å². The minimum atomic E-state index is -0.720. The first-order valence-electron chi connectivity index (χ1n) is 12.4. The van der Waals surface area contributed by atoms with E-state index in [1.54, 1.807) is 80.8 Å². The van der Waals surface area contributed by atoms with Crippen molar-refractivity contribution in [2.24, 2.45) is 4.99 Å². The van der Waals surface area contributed by atoms with E-state index in [0.29, 0.717) is 33.4 Å². The van der Waals surface area contributed by atoms with E-state index in [4.69, 9.17) is 9.47 Å². The van der Waals surface area contributed by atoms with Crippen LogP contribution in [-0.4, -0.2) is 53.4 Å². The Labute approximate surface area is 230 Å². The molecular weight excluding hydrogens is 521 g/mol. The van der Waals surface area contributed by atoms with Crippen LogP contribution in [0, 0.1) is 5.82 Å². The van der Waals surface area contributed by atoms with Crippen molar-refractivity contribution in [2.75, 3.05) is 25.6 Å². The number of carbonyl (C=O) groups excluding carboxylic acids is 3. The number of methoxy groups -OCH3 is 1. The van der Waals surface area contributed by atoms with Gasteiger partial charge in [0.2, 0.25) is 11.8 Å². The number of esters is 1. The third-order valence-electron chi connectivity index (χ3n) is 5.96. The number of amides is 2. The van der Waals surface area contributed by atoms with Crippen LogP contribution in [0.5, 0.6) is 5.75 Å². The molecule has 0 saturated carbocycles. The number of carbonyl (C=O) groups is 3. The van der Waals surface area contributed by atoms with Gasteiger partial charge in [-0.2, -0.15) is 0 Å². The quantitative estimate of drug-likeness (QED) is 0.368. The number of halogens is 1. The van der Waals surface area contributed by atoms with Crippen LogP contribution in [0.25, 0.3) is 0 Å². The average molecular weight is 550 g/mol. The van der Waals surface area contributed by atoms with Gasteiger partial charge in [-0.05, 0) is 73.5 Å². The Balaban J connectivity index is 1.56. The van der Waals surface area contributed by atoms with E-state index in [-0.39, 0.29) is 43.6 Å². The molecule has 0 radical (unpaired) electrons. The highest BCUT2D eigenvalue weighted by Gasteiger charge is 2.36. The summed E-state index contributed by atoms with van der Waals surface area (Å²) in [6.45, 7) is 2.19. The fourth-order valence-electron chi connectivity index (χ4n) is 3.89. The highest BCUT2D eigenvalue weighted by atomic mass is 32.2. The van der Waals surface area contributed by atoms with Gasteiger partial charge in [0, 0.05) is 18.7 Å². The Bertz CT molecular complexity index is 1360. The standard InChI is InChI=1S/C29H28FN3O5S/c1-3-38-28(36)20-8-10-22(11-9-20)32-29-33(17-16-19-6-4-5-7-24(19)30)26(34)18-25(39-29)27(35)31-21-12-14-23(37-2)15-13-21/h4-15,25H,3,16-18H2,1-2H3,(H,31,35). The van der Waals surface area contributed by atoms with Crippen LogP contribution in [-0.2, 0) is 20.7 Å². The molecule has 0 bridgehead atoms. The van der Waals surface area contributed by atoms with Gasteiger partial charge in [-0.15, -0.1) is 0 Å². The molecule has 3 aromatic rings. The molecule has 1 unspecified atom stereocenters. The maximum absolute atomic E-state index is 14.2. The molecular formula is C29H28FN3O5S. The highest BCUT2D eigenvalue weighted by molar-refractivity contribution is 8.15. The molecule has 0 aliphatic carbocycles. The molecule has 1 aliphatic heterocycles. The van der Waals surface area contributed by atoms with Crippen molar-refractivity contribution >= 4 is 46.1 Å². The molecule has 4 rings (SSSR count). The summed E-state index contributed by atoms with van der Waals surface area (Å²) < 4.78 is 24.4. The second kappa shape index (κ2) is 13.1. The fourth-order valence-corrected chi connectivity index (χ4v) is 5.01. The maximum Gasteiger partial charge on any atom is 0.338 e. The van der Waals surface area contributed by atoms with Crippen molar-refractivity contribution in [1.29, 1.82) is 0 Å². The summed E-state index contributed by atoms with van der Waals surface area (Å²) in [6, 6.07) is 19.7. The third kappa shape index (κ3) is 7.23. The van der Waals surface area contributed by atoms with Crippen LogP contribution in [0.1, 0.15) is 29.3 Å². The minimum Gasteiger partial charge on any atom is -0.497 e. The van der Waals surface area contributed by atoms with Crippen LogP contribution in [0.2, 0.25) is 0 Å². The lowest BCUT2D eigenvalue weighted by atomic mass is 10.1. The summed E-state index contributed by atoms with van der Waals surface area (Å²) >= 11 is 1.16. The van der Waals surface area contributed by atoms with E-state index in [9.17, 15) is 18.8 Å². The van der Waals surface area contributed by atoms with Gasteiger partial charge in [-0.3, -0.25) is 14.5 Å². The Morgan fingerprint density at radius 1 is 1.08 bits per heavy atom. The van der Waals surface area contributed by atoms with Crippen molar-refractivity contribution in [2.45, 2.75) is 25.0 Å². The topological polar surface area (TPSA) is 97.3 Å². The second-order valence-electron chi connectivity index (χ2n) is 8.58. The summed E-state index contributed by atoms with van der Waals surface area (Å²) in [5.41, 5.74) is 1.92. The number of hydrogen-bond donors (Lipinski definition) is 1. The number of benzene rings is 3. The van der Waals surface area contributed by atoms with Gasteiger partial charge in [-0.1, -0.05) is 30.0 Å². The van der Waals surface area contributed by atoms with Crippen molar-refractivity contribution in [3.63, 3.8) is 0 Å². The van der Waals surface area contributed by atoms with E-state index in [1.165, 1.54) is 11.0 Å². The third-order valence-corrected chi connectivity index (χ3v) is 7.14. The van der Waals surface area contributed by atoms with Crippen molar-refractivity contribution in [3.05, 3.63) is 89.7 Å². The van der Waals surface area contributed by atoms with Crippen molar-refractivity contribution in [3.8, 4) is 5.75 Å². The normalized spacial score (nSPS) is 16.2. The Morgan fingerprint density at radius 3 is 2.46 bits per heavy atom. The first-order chi connectivity index (χ1) is 18.9. The molecule has 1 fully saturated rings. The molecule has 39 heavy (non-hydrogen) atoms. The smallest absolute Gasteiger partial charge is 0.338 e. The predicted molar refractivity (Wildman–Crippen MR) is 149 cm³/mol. The molecule has 1 N–H and O–H groups in total. The first kappa shape index (κ1) is 27.8. The van der Waals surface area contributed by atoms with Gasteiger partial charge in [0.1, 0.15) is 16.8 Å². The molecule has 1 aliphatic rings.